The van der Waals surface area contributed by atoms with Crippen LogP contribution in [-0.2, 0) is 4.74 Å². The van der Waals surface area contributed by atoms with Gasteiger partial charge in [-0.05, 0) is 38.6 Å². The molecule has 3 fully saturated rings. The quantitative estimate of drug-likeness (QED) is 0.616. The first-order chi connectivity index (χ1) is 10.2. The van der Waals surface area contributed by atoms with Gasteiger partial charge < -0.3 is 9.64 Å². The van der Waals surface area contributed by atoms with Crippen LogP contribution >= 0.6 is 11.8 Å². The summed E-state index contributed by atoms with van der Waals surface area (Å²) in [7, 11) is 2.25. The minimum Gasteiger partial charge on any atom is -0.375 e. The van der Waals surface area contributed by atoms with E-state index in [1.54, 1.807) is 0 Å². The topological polar surface area (TPSA) is 50.5 Å². The van der Waals surface area contributed by atoms with Gasteiger partial charge in [-0.3, -0.25) is 11.3 Å². The lowest BCUT2D eigenvalue weighted by Crippen LogP contribution is -2.60. The zero-order valence-corrected chi connectivity index (χ0v) is 14.2. The van der Waals surface area contributed by atoms with Gasteiger partial charge in [0.25, 0.3) is 0 Å². The van der Waals surface area contributed by atoms with E-state index in [9.17, 15) is 0 Å². The van der Waals surface area contributed by atoms with Crippen molar-refractivity contribution in [1.29, 1.82) is 0 Å². The van der Waals surface area contributed by atoms with E-state index >= 15 is 0 Å². The van der Waals surface area contributed by atoms with Crippen LogP contribution in [0.1, 0.15) is 44.9 Å². The molecular weight excluding hydrogens is 282 g/mol. The van der Waals surface area contributed by atoms with E-state index in [1.807, 2.05) is 0 Å². The van der Waals surface area contributed by atoms with Crippen LogP contribution in [0.25, 0.3) is 0 Å². The van der Waals surface area contributed by atoms with Gasteiger partial charge in [-0.15, -0.1) is 0 Å². The predicted molar refractivity (Wildman–Crippen MR) is 89.3 cm³/mol. The number of ether oxygens (including phenoxy) is 1. The first-order valence-corrected chi connectivity index (χ1v) is 9.78. The van der Waals surface area contributed by atoms with Gasteiger partial charge in [-0.1, -0.05) is 19.3 Å². The fraction of sp³-hybridized carbons (Fsp3) is 1.00. The molecule has 4 nitrogen and oxygen atoms in total. The normalized spacial score (nSPS) is 35.7. The SMILES string of the molecule is CN1CCSCC1C(NN)C1CCOC2(CCCCC2)C1. The summed E-state index contributed by atoms with van der Waals surface area (Å²) in [4.78, 5) is 2.50. The zero-order valence-electron chi connectivity index (χ0n) is 13.4. The average Bonchev–Trinajstić information content (AvgIpc) is 2.51. The second-order valence-corrected chi connectivity index (χ2v) is 8.31. The van der Waals surface area contributed by atoms with Gasteiger partial charge in [-0.25, -0.2) is 0 Å². The number of likely N-dealkylation sites (N-methyl/N-ethyl adjacent to an activating group) is 1. The van der Waals surface area contributed by atoms with Crippen LogP contribution in [-0.4, -0.2) is 54.3 Å². The standard InChI is InChI=1S/C16H31N3OS/c1-19-8-10-21-12-14(19)15(18-17)13-5-9-20-16(11-13)6-3-2-4-7-16/h13-15,18H,2-12,17H2,1H3. The van der Waals surface area contributed by atoms with Gasteiger partial charge in [0, 0.05) is 36.7 Å². The average molecular weight is 314 g/mol. The second-order valence-electron chi connectivity index (χ2n) is 7.16. The highest BCUT2D eigenvalue weighted by atomic mass is 32.2. The van der Waals surface area contributed by atoms with Gasteiger partial charge in [-0.2, -0.15) is 11.8 Å². The number of thioether (sulfide) groups is 1. The fourth-order valence-electron chi connectivity index (χ4n) is 4.56. The van der Waals surface area contributed by atoms with Gasteiger partial charge in [0.15, 0.2) is 0 Å². The molecule has 122 valence electrons. The largest absolute Gasteiger partial charge is 0.375 e. The lowest BCUT2D eigenvalue weighted by molar-refractivity contribution is -0.124. The van der Waals surface area contributed by atoms with Crippen molar-refractivity contribution in [2.45, 2.75) is 62.6 Å². The maximum Gasteiger partial charge on any atom is 0.0685 e. The molecule has 2 saturated heterocycles. The van der Waals surface area contributed by atoms with Crippen molar-refractivity contribution < 1.29 is 4.74 Å². The number of hydrogen-bond acceptors (Lipinski definition) is 5. The monoisotopic (exact) mass is 313 g/mol. The molecule has 3 atom stereocenters. The number of rotatable bonds is 3. The van der Waals surface area contributed by atoms with Crippen LogP contribution in [0.3, 0.4) is 0 Å². The van der Waals surface area contributed by atoms with Gasteiger partial charge >= 0.3 is 0 Å². The van der Waals surface area contributed by atoms with Crippen LogP contribution in [0.15, 0.2) is 0 Å². The third kappa shape index (κ3) is 3.58. The summed E-state index contributed by atoms with van der Waals surface area (Å²) in [5.41, 5.74) is 3.36. The molecule has 5 heteroatoms. The molecule has 0 bridgehead atoms. The van der Waals surface area contributed by atoms with Crippen molar-refractivity contribution in [3.8, 4) is 0 Å². The van der Waals surface area contributed by atoms with E-state index in [4.69, 9.17) is 10.6 Å². The fourth-order valence-corrected chi connectivity index (χ4v) is 5.85. The minimum atomic E-state index is 0.177. The molecule has 3 unspecified atom stereocenters. The van der Waals surface area contributed by atoms with E-state index in [0.717, 1.165) is 13.0 Å². The highest BCUT2D eigenvalue weighted by molar-refractivity contribution is 7.99. The summed E-state index contributed by atoms with van der Waals surface area (Å²) >= 11 is 2.07. The Labute approximate surface area is 133 Å². The molecule has 1 saturated carbocycles. The lowest BCUT2D eigenvalue weighted by Gasteiger charge is -2.48. The number of nitrogens with one attached hydrogen (secondary N) is 1. The first-order valence-electron chi connectivity index (χ1n) is 8.62. The molecule has 1 aliphatic carbocycles. The molecule has 0 amide bonds. The van der Waals surface area contributed by atoms with E-state index in [2.05, 4.69) is 29.1 Å². The third-order valence-electron chi connectivity index (χ3n) is 5.85. The maximum absolute atomic E-state index is 6.26. The third-order valence-corrected chi connectivity index (χ3v) is 6.90. The number of hydrazine groups is 1. The zero-order chi connectivity index (χ0) is 14.7. The van der Waals surface area contributed by atoms with Crippen molar-refractivity contribution in [2.75, 3.05) is 31.7 Å². The molecule has 3 rings (SSSR count). The van der Waals surface area contributed by atoms with Gasteiger partial charge in [0.1, 0.15) is 0 Å². The summed E-state index contributed by atoms with van der Waals surface area (Å²) < 4.78 is 6.26. The number of nitrogens with two attached hydrogens (primary N) is 1. The predicted octanol–water partition coefficient (Wildman–Crippen LogP) is 1.99. The molecule has 0 aromatic rings. The van der Waals surface area contributed by atoms with Crippen LogP contribution in [0, 0.1) is 5.92 Å². The minimum absolute atomic E-state index is 0.177. The van der Waals surface area contributed by atoms with Crippen molar-refractivity contribution in [3.63, 3.8) is 0 Å². The summed E-state index contributed by atoms with van der Waals surface area (Å²) in [5, 5.41) is 0. The Morgan fingerprint density at radius 3 is 2.86 bits per heavy atom. The molecule has 21 heavy (non-hydrogen) atoms. The van der Waals surface area contributed by atoms with Crippen LogP contribution < -0.4 is 11.3 Å². The van der Waals surface area contributed by atoms with Crippen LogP contribution in [0.5, 0.6) is 0 Å². The Balaban J connectivity index is 1.68. The molecular formula is C16H31N3OS. The maximum atomic E-state index is 6.26. The van der Waals surface area contributed by atoms with Crippen LogP contribution in [0.4, 0.5) is 0 Å². The summed E-state index contributed by atoms with van der Waals surface area (Å²) in [6, 6.07) is 0.975. The molecule has 2 heterocycles. The molecule has 3 N–H and O–H groups in total. The van der Waals surface area contributed by atoms with E-state index in [0.29, 0.717) is 18.0 Å². The van der Waals surface area contributed by atoms with Crippen molar-refractivity contribution in [1.82, 2.24) is 10.3 Å². The van der Waals surface area contributed by atoms with E-state index in [1.165, 1.54) is 56.6 Å². The van der Waals surface area contributed by atoms with E-state index in [-0.39, 0.29) is 5.60 Å². The van der Waals surface area contributed by atoms with E-state index < -0.39 is 0 Å². The Hall–Kier alpha value is 0.190. The van der Waals surface area contributed by atoms with Crippen LogP contribution in [0.2, 0.25) is 0 Å². The summed E-state index contributed by atoms with van der Waals surface area (Å²) in [6.45, 7) is 2.11. The summed E-state index contributed by atoms with van der Waals surface area (Å²) in [5.74, 6) is 9.10. The first kappa shape index (κ1) is 16.1. The Morgan fingerprint density at radius 2 is 2.14 bits per heavy atom. The number of hydrogen-bond donors (Lipinski definition) is 2. The van der Waals surface area contributed by atoms with Crippen molar-refractivity contribution >= 4 is 11.8 Å². The smallest absolute Gasteiger partial charge is 0.0685 e. The molecule has 1 spiro atoms. The highest BCUT2D eigenvalue weighted by Gasteiger charge is 2.43. The Bertz CT molecular complexity index is 330. The lowest BCUT2D eigenvalue weighted by atomic mass is 9.73. The molecule has 0 radical (unpaired) electrons. The molecule has 0 aromatic carbocycles. The second kappa shape index (κ2) is 7.18. The highest BCUT2D eigenvalue weighted by Crippen LogP contribution is 2.42. The van der Waals surface area contributed by atoms with Crippen molar-refractivity contribution in [2.24, 2.45) is 11.8 Å². The number of nitrogens with zero attached hydrogens (tertiary/aromatic N) is 1. The Kier molecular flexibility index (Phi) is 5.49. The van der Waals surface area contributed by atoms with Gasteiger partial charge in [0.05, 0.1) is 5.60 Å². The van der Waals surface area contributed by atoms with Gasteiger partial charge in [0.2, 0.25) is 0 Å². The molecule has 0 aromatic heterocycles. The molecule has 3 aliphatic rings. The van der Waals surface area contributed by atoms with Crippen molar-refractivity contribution in [3.05, 3.63) is 0 Å². The molecule has 2 aliphatic heterocycles. The summed E-state index contributed by atoms with van der Waals surface area (Å²) in [6.07, 6.45) is 8.95. The Morgan fingerprint density at radius 1 is 1.33 bits per heavy atom.